The van der Waals surface area contributed by atoms with Gasteiger partial charge in [-0.25, -0.2) is 0 Å². The number of hydrogen-bond donors (Lipinski definition) is 2. The number of rotatable bonds is 4. The molecular weight excluding hydrogens is 336 g/mol. The average Bonchev–Trinajstić information content (AvgIpc) is 2.88. The van der Waals surface area contributed by atoms with Crippen molar-refractivity contribution in [1.29, 1.82) is 0 Å². The van der Waals surface area contributed by atoms with Crippen LogP contribution in [0.2, 0.25) is 0 Å². The molecule has 0 fully saturated rings. The van der Waals surface area contributed by atoms with E-state index in [2.05, 4.69) is 14.6 Å². The minimum absolute atomic E-state index is 0.0564. The van der Waals surface area contributed by atoms with Gasteiger partial charge < -0.3 is 10.1 Å². The number of nitro groups is 1. The molecule has 9 nitrogen and oxygen atoms in total. The van der Waals surface area contributed by atoms with Crippen molar-refractivity contribution < 1.29 is 18.4 Å². The Morgan fingerprint density at radius 3 is 2.50 bits per heavy atom. The Kier molecular flexibility index (Phi) is 3.73. The number of aromatic hydroxyl groups is 1. The first kappa shape index (κ1) is 15.6. The van der Waals surface area contributed by atoms with Gasteiger partial charge in [-0.05, 0) is 18.2 Å². The number of H-pyrrole nitrogens is 1. The monoisotopic (exact) mass is 346 g/mol. The van der Waals surface area contributed by atoms with E-state index in [4.69, 9.17) is 0 Å². The molecule has 0 amide bonds. The van der Waals surface area contributed by atoms with Gasteiger partial charge in [0.1, 0.15) is 0 Å². The second-order valence-electron chi connectivity index (χ2n) is 4.78. The summed E-state index contributed by atoms with van der Waals surface area (Å²) in [6, 6.07) is 11.3. The number of aromatic amines is 1. The Labute approximate surface area is 135 Å². The average molecular weight is 346 g/mol. The van der Waals surface area contributed by atoms with E-state index in [0.717, 1.165) is 0 Å². The third-order valence-corrected chi connectivity index (χ3v) is 4.40. The fourth-order valence-corrected chi connectivity index (χ4v) is 2.88. The van der Waals surface area contributed by atoms with E-state index in [1.807, 2.05) is 0 Å². The maximum Gasteiger partial charge on any atom is 0.299 e. The van der Waals surface area contributed by atoms with E-state index in [9.17, 15) is 23.6 Å². The lowest BCUT2D eigenvalue weighted by atomic mass is 10.2. The summed E-state index contributed by atoms with van der Waals surface area (Å²) in [5.41, 5.74) is -0.0405. The highest BCUT2D eigenvalue weighted by Gasteiger charge is 2.17. The van der Waals surface area contributed by atoms with Crippen LogP contribution in [0.3, 0.4) is 0 Å². The molecule has 1 aromatic heterocycles. The maximum atomic E-state index is 12.1. The second-order valence-corrected chi connectivity index (χ2v) is 6.36. The number of nitro benzene ring substituents is 1. The van der Waals surface area contributed by atoms with Gasteiger partial charge in [0.05, 0.1) is 15.3 Å². The molecule has 0 radical (unpaired) electrons. The van der Waals surface area contributed by atoms with Gasteiger partial charge in [-0.1, -0.05) is 22.7 Å². The van der Waals surface area contributed by atoms with Crippen molar-refractivity contribution in [2.45, 2.75) is 4.90 Å². The van der Waals surface area contributed by atoms with Gasteiger partial charge in [0.15, 0.2) is 5.69 Å². The molecule has 0 aliphatic rings. The Morgan fingerprint density at radius 1 is 1.12 bits per heavy atom. The van der Waals surface area contributed by atoms with E-state index in [0.29, 0.717) is 5.52 Å². The van der Waals surface area contributed by atoms with Gasteiger partial charge in [0.2, 0.25) is 5.88 Å². The van der Waals surface area contributed by atoms with Crippen molar-refractivity contribution in [3.8, 4) is 5.88 Å². The molecule has 2 N–H and O–H groups in total. The second kappa shape index (κ2) is 5.74. The Hall–Kier alpha value is -3.27. The van der Waals surface area contributed by atoms with E-state index in [1.165, 1.54) is 42.5 Å². The van der Waals surface area contributed by atoms with Crippen LogP contribution >= 0.6 is 0 Å². The van der Waals surface area contributed by atoms with E-state index in [-0.39, 0.29) is 21.7 Å². The highest BCUT2D eigenvalue weighted by Crippen LogP contribution is 2.37. The molecule has 2 aromatic carbocycles. The third kappa shape index (κ3) is 2.82. The Balaban J connectivity index is 2.08. The standard InChI is InChI=1S/C14H10N4O5S/c19-14-13(11-8-9(18(20)21)6-7-12(11)15-14)16-17-24(22,23)10-4-2-1-3-5-10/h1-8,15,19H. The summed E-state index contributed by atoms with van der Waals surface area (Å²) in [5.74, 6) is -0.433. The predicted octanol–water partition coefficient (Wildman–Crippen LogP) is 3.25. The molecule has 3 rings (SSSR count). The molecule has 1 heterocycles. The van der Waals surface area contributed by atoms with Gasteiger partial charge in [-0.15, -0.1) is 5.11 Å². The number of sulfonamides is 1. The smallest absolute Gasteiger partial charge is 0.299 e. The minimum atomic E-state index is -4.05. The zero-order chi connectivity index (χ0) is 17.3. The number of nitrogens with one attached hydrogen (secondary N) is 1. The molecule has 0 aliphatic carbocycles. The van der Waals surface area contributed by atoms with Crippen molar-refractivity contribution in [1.82, 2.24) is 4.98 Å². The summed E-state index contributed by atoms with van der Waals surface area (Å²) in [7, 11) is -4.05. The topological polar surface area (TPSA) is 138 Å². The van der Waals surface area contributed by atoms with E-state index in [1.54, 1.807) is 6.07 Å². The highest BCUT2D eigenvalue weighted by molar-refractivity contribution is 7.90. The zero-order valence-corrected chi connectivity index (χ0v) is 12.8. The molecule has 0 saturated heterocycles. The fourth-order valence-electron chi connectivity index (χ4n) is 2.10. The molecule has 10 heteroatoms. The summed E-state index contributed by atoms with van der Waals surface area (Å²) >= 11 is 0. The Morgan fingerprint density at radius 2 is 1.83 bits per heavy atom. The molecule has 0 bridgehead atoms. The number of nitrogens with zero attached hydrogens (tertiary/aromatic N) is 3. The first-order chi connectivity index (χ1) is 11.4. The van der Waals surface area contributed by atoms with Crippen LogP contribution in [0.4, 0.5) is 11.4 Å². The Bertz CT molecular complexity index is 1060. The molecule has 0 spiro atoms. The fraction of sp³-hybridized carbons (Fsp3) is 0. The highest BCUT2D eigenvalue weighted by atomic mass is 32.2. The van der Waals surface area contributed by atoms with Crippen molar-refractivity contribution in [2.24, 2.45) is 9.63 Å². The summed E-state index contributed by atoms with van der Waals surface area (Å²) in [6.07, 6.45) is 0. The first-order valence-electron chi connectivity index (χ1n) is 6.60. The molecule has 0 atom stereocenters. The largest absolute Gasteiger partial charge is 0.493 e. The molecule has 24 heavy (non-hydrogen) atoms. The predicted molar refractivity (Wildman–Crippen MR) is 84.8 cm³/mol. The first-order valence-corrected chi connectivity index (χ1v) is 8.04. The van der Waals surface area contributed by atoms with Gasteiger partial charge in [0, 0.05) is 17.5 Å². The summed E-state index contributed by atoms with van der Waals surface area (Å²) < 4.78 is 27.5. The number of hydrogen-bond acceptors (Lipinski definition) is 6. The molecule has 122 valence electrons. The quantitative estimate of drug-likeness (QED) is 0.424. The lowest BCUT2D eigenvalue weighted by molar-refractivity contribution is -0.384. The van der Waals surface area contributed by atoms with E-state index < -0.39 is 20.8 Å². The van der Waals surface area contributed by atoms with Crippen molar-refractivity contribution in [2.75, 3.05) is 0 Å². The molecular formula is C14H10N4O5S. The van der Waals surface area contributed by atoms with Crippen LogP contribution in [0, 0.1) is 10.1 Å². The van der Waals surface area contributed by atoms with Crippen LogP contribution in [-0.2, 0) is 10.0 Å². The number of non-ortho nitro benzene ring substituents is 1. The third-order valence-electron chi connectivity index (χ3n) is 3.24. The van der Waals surface area contributed by atoms with Crippen LogP contribution in [-0.4, -0.2) is 23.4 Å². The van der Waals surface area contributed by atoms with Crippen LogP contribution in [0.15, 0.2) is 63.1 Å². The molecule has 3 aromatic rings. The van der Waals surface area contributed by atoms with Crippen LogP contribution < -0.4 is 0 Å². The minimum Gasteiger partial charge on any atom is -0.493 e. The van der Waals surface area contributed by atoms with Gasteiger partial charge in [-0.3, -0.25) is 10.1 Å². The number of fused-ring (bicyclic) bond motifs is 1. The van der Waals surface area contributed by atoms with Gasteiger partial charge >= 0.3 is 0 Å². The normalized spacial score (nSPS) is 12.0. The molecule has 0 unspecified atom stereocenters. The zero-order valence-electron chi connectivity index (χ0n) is 11.9. The summed E-state index contributed by atoms with van der Waals surface area (Å²) in [4.78, 5) is 12.7. The van der Waals surface area contributed by atoms with E-state index >= 15 is 0 Å². The lowest BCUT2D eigenvalue weighted by Crippen LogP contribution is -1.94. The summed E-state index contributed by atoms with van der Waals surface area (Å²) in [5, 5.41) is 24.5. The van der Waals surface area contributed by atoms with Crippen molar-refractivity contribution >= 4 is 32.3 Å². The van der Waals surface area contributed by atoms with Gasteiger partial charge in [-0.2, -0.15) is 8.42 Å². The SMILES string of the molecule is O=[N+]([O-])c1ccc2[nH]c(O)c(N=NS(=O)(=O)c3ccccc3)c2c1. The van der Waals surface area contributed by atoms with Crippen LogP contribution in [0.1, 0.15) is 0 Å². The lowest BCUT2D eigenvalue weighted by Gasteiger charge is -1.96. The van der Waals surface area contributed by atoms with Gasteiger partial charge in [0.25, 0.3) is 15.7 Å². The van der Waals surface area contributed by atoms with Crippen LogP contribution in [0.5, 0.6) is 5.88 Å². The number of benzene rings is 2. The number of aromatic nitrogens is 1. The van der Waals surface area contributed by atoms with Crippen LogP contribution in [0.25, 0.3) is 10.9 Å². The molecule has 0 saturated carbocycles. The maximum absolute atomic E-state index is 12.1. The molecule has 0 aliphatic heterocycles. The summed E-state index contributed by atoms with van der Waals surface area (Å²) in [6.45, 7) is 0. The van der Waals surface area contributed by atoms with Crippen molar-refractivity contribution in [3.63, 3.8) is 0 Å². The van der Waals surface area contributed by atoms with Crippen molar-refractivity contribution in [3.05, 3.63) is 58.6 Å².